The molecular formula is C13H19BrOS. The minimum absolute atomic E-state index is 0.399. The van der Waals surface area contributed by atoms with Crippen LogP contribution in [0.15, 0.2) is 15.9 Å². The Bertz CT molecular complexity index is 361. The largest absolute Gasteiger partial charge is 0.384 e. The van der Waals surface area contributed by atoms with Crippen molar-refractivity contribution in [2.24, 2.45) is 11.8 Å². The molecule has 3 heteroatoms. The van der Waals surface area contributed by atoms with Crippen molar-refractivity contribution in [1.82, 2.24) is 0 Å². The second kappa shape index (κ2) is 4.79. The highest BCUT2D eigenvalue weighted by atomic mass is 79.9. The smallest absolute Gasteiger partial charge is 0.103 e. The van der Waals surface area contributed by atoms with Gasteiger partial charge in [-0.15, -0.1) is 11.3 Å². The molecule has 1 aromatic heterocycles. The summed E-state index contributed by atoms with van der Waals surface area (Å²) >= 11 is 5.24. The van der Waals surface area contributed by atoms with Crippen molar-refractivity contribution in [2.45, 2.75) is 45.1 Å². The third-order valence-corrected chi connectivity index (χ3v) is 5.76. The van der Waals surface area contributed by atoms with Crippen molar-refractivity contribution in [2.75, 3.05) is 0 Å². The minimum Gasteiger partial charge on any atom is -0.384 e. The number of thiophene rings is 1. The molecule has 0 bridgehead atoms. The molecule has 0 aromatic carbocycles. The van der Waals surface area contributed by atoms with Gasteiger partial charge in [-0.05, 0) is 52.1 Å². The standard InChI is InChI=1S/C13H19BrOS/c1-9(2)10-5-3-4-7-13(10,15)12-11(14)6-8-16-12/h6,8-10,15H,3-5,7H2,1-2H3. The zero-order valence-electron chi connectivity index (χ0n) is 9.87. The van der Waals surface area contributed by atoms with Crippen LogP contribution in [0.3, 0.4) is 0 Å². The predicted octanol–water partition coefficient (Wildman–Crippen LogP) is 4.54. The van der Waals surface area contributed by atoms with Gasteiger partial charge in [0.1, 0.15) is 5.60 Å². The molecule has 1 N–H and O–H groups in total. The molecular weight excluding hydrogens is 284 g/mol. The maximum atomic E-state index is 11.0. The van der Waals surface area contributed by atoms with Gasteiger partial charge in [0.05, 0.1) is 4.88 Å². The molecule has 1 fully saturated rings. The molecule has 90 valence electrons. The third kappa shape index (κ3) is 2.09. The Labute approximate surface area is 110 Å². The van der Waals surface area contributed by atoms with E-state index in [4.69, 9.17) is 0 Å². The minimum atomic E-state index is -0.598. The lowest BCUT2D eigenvalue weighted by Gasteiger charge is -2.42. The summed E-state index contributed by atoms with van der Waals surface area (Å²) in [6.45, 7) is 4.45. The molecule has 16 heavy (non-hydrogen) atoms. The van der Waals surface area contributed by atoms with E-state index >= 15 is 0 Å². The first-order valence-electron chi connectivity index (χ1n) is 6.01. The maximum absolute atomic E-state index is 11.0. The van der Waals surface area contributed by atoms with Crippen LogP contribution >= 0.6 is 27.3 Å². The molecule has 2 unspecified atom stereocenters. The summed E-state index contributed by atoms with van der Waals surface area (Å²) in [6.07, 6.45) is 4.46. The summed E-state index contributed by atoms with van der Waals surface area (Å²) in [5, 5.41) is 13.1. The van der Waals surface area contributed by atoms with Gasteiger partial charge in [0.25, 0.3) is 0 Å². The van der Waals surface area contributed by atoms with Gasteiger partial charge < -0.3 is 5.11 Å². The second-order valence-electron chi connectivity index (χ2n) is 5.12. The molecule has 1 aliphatic rings. The zero-order chi connectivity index (χ0) is 11.8. The van der Waals surface area contributed by atoms with Gasteiger partial charge in [0.2, 0.25) is 0 Å². The second-order valence-corrected chi connectivity index (χ2v) is 6.89. The van der Waals surface area contributed by atoms with E-state index in [1.807, 2.05) is 6.07 Å². The molecule has 0 amide bonds. The van der Waals surface area contributed by atoms with Gasteiger partial charge in [0, 0.05) is 4.47 Å². The Hall–Kier alpha value is 0.140. The summed E-state index contributed by atoms with van der Waals surface area (Å²) in [4.78, 5) is 1.13. The molecule has 0 spiro atoms. The Kier molecular flexibility index (Phi) is 3.77. The molecule has 0 aliphatic heterocycles. The van der Waals surface area contributed by atoms with Crippen molar-refractivity contribution in [3.8, 4) is 0 Å². The quantitative estimate of drug-likeness (QED) is 0.850. The van der Waals surface area contributed by atoms with Crippen LogP contribution in [-0.4, -0.2) is 5.11 Å². The van der Waals surface area contributed by atoms with E-state index in [0.717, 1.165) is 28.6 Å². The average Bonchev–Trinajstić information content (AvgIpc) is 2.65. The molecule has 1 heterocycles. The number of halogens is 1. The van der Waals surface area contributed by atoms with Crippen molar-refractivity contribution in [3.05, 3.63) is 20.8 Å². The summed E-state index contributed by atoms with van der Waals surface area (Å²) in [5.74, 6) is 0.940. The van der Waals surface area contributed by atoms with Crippen molar-refractivity contribution in [3.63, 3.8) is 0 Å². The summed E-state index contributed by atoms with van der Waals surface area (Å²) in [7, 11) is 0. The lowest BCUT2D eigenvalue weighted by atomic mass is 9.69. The normalized spacial score (nSPS) is 30.9. The number of aliphatic hydroxyl groups is 1. The van der Waals surface area contributed by atoms with Crippen molar-refractivity contribution in [1.29, 1.82) is 0 Å². The Morgan fingerprint density at radius 2 is 2.25 bits per heavy atom. The SMILES string of the molecule is CC(C)C1CCCCC1(O)c1sccc1Br. The van der Waals surface area contributed by atoms with Gasteiger partial charge in [0.15, 0.2) is 0 Å². The monoisotopic (exact) mass is 302 g/mol. The Balaban J connectivity index is 2.37. The molecule has 1 aliphatic carbocycles. The molecule has 2 atom stereocenters. The van der Waals surface area contributed by atoms with Crippen LogP contribution in [-0.2, 0) is 5.60 Å². The van der Waals surface area contributed by atoms with Gasteiger partial charge in [-0.1, -0.05) is 26.7 Å². The van der Waals surface area contributed by atoms with Crippen molar-refractivity contribution < 1.29 is 5.11 Å². The van der Waals surface area contributed by atoms with E-state index in [1.54, 1.807) is 11.3 Å². The van der Waals surface area contributed by atoms with E-state index in [0.29, 0.717) is 11.8 Å². The topological polar surface area (TPSA) is 20.2 Å². The van der Waals surface area contributed by atoms with Crippen molar-refractivity contribution >= 4 is 27.3 Å². The zero-order valence-corrected chi connectivity index (χ0v) is 12.3. The highest BCUT2D eigenvalue weighted by Gasteiger charge is 2.43. The van der Waals surface area contributed by atoms with Gasteiger partial charge in [-0.3, -0.25) is 0 Å². The highest BCUT2D eigenvalue weighted by Crippen LogP contribution is 2.48. The molecule has 1 saturated carbocycles. The lowest BCUT2D eigenvalue weighted by molar-refractivity contribution is -0.0697. The Morgan fingerprint density at radius 1 is 1.50 bits per heavy atom. The first-order chi connectivity index (χ1) is 7.55. The van der Waals surface area contributed by atoms with Crippen LogP contribution in [0, 0.1) is 11.8 Å². The molecule has 1 nitrogen and oxygen atoms in total. The fourth-order valence-corrected chi connectivity index (χ4v) is 4.86. The van der Waals surface area contributed by atoms with E-state index in [-0.39, 0.29) is 0 Å². The van der Waals surface area contributed by atoms with Gasteiger partial charge in [-0.25, -0.2) is 0 Å². The first-order valence-corrected chi connectivity index (χ1v) is 7.69. The highest BCUT2D eigenvalue weighted by molar-refractivity contribution is 9.10. The summed E-state index contributed by atoms with van der Waals surface area (Å²) in [6, 6.07) is 2.05. The lowest BCUT2D eigenvalue weighted by Crippen LogP contribution is -2.40. The van der Waals surface area contributed by atoms with E-state index < -0.39 is 5.60 Å². The van der Waals surface area contributed by atoms with Gasteiger partial charge in [-0.2, -0.15) is 0 Å². The van der Waals surface area contributed by atoms with Crippen LogP contribution < -0.4 is 0 Å². The maximum Gasteiger partial charge on any atom is 0.103 e. The van der Waals surface area contributed by atoms with E-state index in [2.05, 4.69) is 35.2 Å². The summed E-state index contributed by atoms with van der Waals surface area (Å²) in [5.41, 5.74) is -0.598. The van der Waals surface area contributed by atoms with Crippen LogP contribution in [0.25, 0.3) is 0 Å². The van der Waals surface area contributed by atoms with Crippen LogP contribution in [0.5, 0.6) is 0 Å². The van der Waals surface area contributed by atoms with E-state index in [9.17, 15) is 5.11 Å². The third-order valence-electron chi connectivity index (χ3n) is 3.75. The molecule has 1 aromatic rings. The molecule has 2 rings (SSSR count). The fraction of sp³-hybridized carbons (Fsp3) is 0.692. The molecule has 0 saturated heterocycles. The molecule has 0 radical (unpaired) electrons. The Morgan fingerprint density at radius 3 is 2.81 bits per heavy atom. The summed E-state index contributed by atoms with van der Waals surface area (Å²) < 4.78 is 1.08. The fourth-order valence-electron chi connectivity index (χ4n) is 2.95. The van der Waals surface area contributed by atoms with Crippen LogP contribution in [0.4, 0.5) is 0 Å². The van der Waals surface area contributed by atoms with Gasteiger partial charge >= 0.3 is 0 Å². The van der Waals surface area contributed by atoms with Crippen LogP contribution in [0.2, 0.25) is 0 Å². The van der Waals surface area contributed by atoms with E-state index in [1.165, 1.54) is 6.42 Å². The van der Waals surface area contributed by atoms with Crippen LogP contribution in [0.1, 0.15) is 44.4 Å². The first kappa shape index (κ1) is 12.6. The number of hydrogen-bond acceptors (Lipinski definition) is 2. The number of rotatable bonds is 2. The average molecular weight is 303 g/mol. The number of hydrogen-bond donors (Lipinski definition) is 1. The predicted molar refractivity (Wildman–Crippen MR) is 72.7 cm³/mol.